The lowest BCUT2D eigenvalue weighted by Gasteiger charge is -2.27. The van der Waals surface area contributed by atoms with Gasteiger partial charge in [-0.25, -0.2) is 0 Å². The van der Waals surface area contributed by atoms with Gasteiger partial charge in [0.05, 0.1) is 0 Å². The minimum Gasteiger partial charge on any atom is -0.395 e. The fraction of sp³-hybridized carbons (Fsp3) is 0.500. The van der Waals surface area contributed by atoms with E-state index in [0.29, 0.717) is 30.5 Å². The molecule has 0 heterocycles. The highest BCUT2D eigenvalue weighted by Gasteiger charge is 2.35. The van der Waals surface area contributed by atoms with Crippen molar-refractivity contribution in [2.24, 2.45) is 0 Å². The molecule has 0 aliphatic rings. The molecule has 0 radical (unpaired) electrons. The second-order valence-corrected chi connectivity index (χ2v) is 14.9. The molecular formula is C28H41O4PSi. The smallest absolute Gasteiger partial charge is 0.334 e. The van der Waals surface area contributed by atoms with Crippen LogP contribution in [0.1, 0.15) is 74.4 Å². The minimum atomic E-state index is -2.32. The lowest BCUT2D eigenvalue weighted by atomic mass is 10.0. The van der Waals surface area contributed by atoms with Crippen LogP contribution in [0.25, 0.3) is 0 Å². The Labute approximate surface area is 208 Å². The number of hydrogen-bond acceptors (Lipinski definition) is 4. The molecule has 0 fully saturated rings. The molecule has 0 saturated heterocycles. The largest absolute Gasteiger partial charge is 0.395 e. The van der Waals surface area contributed by atoms with E-state index in [0.717, 1.165) is 45.8 Å². The first-order valence-corrected chi connectivity index (χ1v) is 16.3. The van der Waals surface area contributed by atoms with E-state index in [2.05, 4.69) is 6.55 Å². The Kier molecular flexibility index (Phi) is 10.4. The van der Waals surface area contributed by atoms with Crippen molar-refractivity contribution in [2.75, 3.05) is 19.4 Å². The zero-order valence-corrected chi connectivity index (χ0v) is 24.3. The van der Waals surface area contributed by atoms with Gasteiger partial charge in [-0.3, -0.25) is 9.59 Å². The van der Waals surface area contributed by atoms with Crippen molar-refractivity contribution in [2.45, 2.75) is 74.4 Å². The van der Waals surface area contributed by atoms with Gasteiger partial charge >= 0.3 is 8.56 Å². The van der Waals surface area contributed by atoms with E-state index in [9.17, 15) is 9.59 Å². The maximum atomic E-state index is 14.0. The van der Waals surface area contributed by atoms with Crippen LogP contribution in [0.5, 0.6) is 0 Å². The zero-order chi connectivity index (χ0) is 25.6. The van der Waals surface area contributed by atoms with Gasteiger partial charge in [0, 0.05) is 32.3 Å². The molecule has 0 aliphatic heterocycles. The topological polar surface area (TPSA) is 52.6 Å². The minimum absolute atomic E-state index is 0.00874. The normalized spacial score (nSPS) is 11.8. The highest BCUT2D eigenvalue weighted by atomic mass is 31.1. The molecule has 6 heteroatoms. The summed E-state index contributed by atoms with van der Waals surface area (Å²) < 4.78 is 12.0. The van der Waals surface area contributed by atoms with Crippen molar-refractivity contribution < 1.29 is 18.4 Å². The van der Waals surface area contributed by atoms with E-state index in [-0.39, 0.29) is 11.0 Å². The number of carbonyl (C=O) groups excluding carboxylic acids is 2. The van der Waals surface area contributed by atoms with Crippen LogP contribution in [0.3, 0.4) is 0 Å². The molecule has 0 atom stereocenters. The van der Waals surface area contributed by atoms with Gasteiger partial charge in [0.15, 0.2) is 11.0 Å². The third kappa shape index (κ3) is 6.94. The molecule has 0 bridgehead atoms. The Morgan fingerprint density at radius 1 is 0.735 bits per heavy atom. The molecule has 0 spiro atoms. The lowest BCUT2D eigenvalue weighted by molar-refractivity contribution is 0.105. The van der Waals surface area contributed by atoms with Crippen molar-refractivity contribution >= 4 is 27.5 Å². The van der Waals surface area contributed by atoms with Crippen molar-refractivity contribution in [3.63, 3.8) is 0 Å². The number of benzene rings is 2. The fourth-order valence-corrected chi connectivity index (χ4v) is 9.98. The summed E-state index contributed by atoms with van der Waals surface area (Å²) in [5, 5.41) is 0. The van der Waals surface area contributed by atoms with E-state index in [4.69, 9.17) is 8.85 Å². The van der Waals surface area contributed by atoms with Crippen LogP contribution in [0.4, 0.5) is 0 Å². The molecule has 0 aliphatic carbocycles. The second kappa shape index (κ2) is 12.4. The molecule has 2 aromatic carbocycles. The third-order valence-electron chi connectivity index (χ3n) is 6.18. The van der Waals surface area contributed by atoms with E-state index in [1.165, 1.54) is 0 Å². The van der Waals surface area contributed by atoms with Crippen LogP contribution < -0.4 is 0 Å². The molecule has 186 valence electrons. The van der Waals surface area contributed by atoms with Crippen LogP contribution in [0.15, 0.2) is 24.3 Å². The highest BCUT2D eigenvalue weighted by molar-refractivity contribution is 7.90. The van der Waals surface area contributed by atoms with Crippen molar-refractivity contribution in [1.82, 2.24) is 0 Å². The summed E-state index contributed by atoms with van der Waals surface area (Å²) in [6, 6.07) is 8.92. The first-order chi connectivity index (χ1) is 15.9. The molecule has 34 heavy (non-hydrogen) atoms. The van der Waals surface area contributed by atoms with Crippen molar-refractivity contribution in [3.8, 4) is 0 Å². The maximum Gasteiger partial charge on any atom is 0.334 e. The average molecular weight is 501 g/mol. The lowest BCUT2D eigenvalue weighted by Crippen LogP contribution is -2.38. The van der Waals surface area contributed by atoms with E-state index in [1.807, 2.05) is 79.7 Å². The Morgan fingerprint density at radius 2 is 1.09 bits per heavy atom. The number of carbonyl (C=O) groups is 2. The zero-order valence-electron chi connectivity index (χ0n) is 22.4. The Hall–Kier alpha value is -1.65. The van der Waals surface area contributed by atoms with Gasteiger partial charge in [0.25, 0.3) is 0 Å². The molecule has 0 unspecified atom stereocenters. The van der Waals surface area contributed by atoms with E-state index < -0.39 is 16.5 Å². The molecule has 2 aromatic rings. The van der Waals surface area contributed by atoms with Crippen LogP contribution in [0.2, 0.25) is 12.6 Å². The van der Waals surface area contributed by atoms with Crippen LogP contribution in [-0.2, 0) is 8.85 Å². The molecule has 2 rings (SSSR count). The third-order valence-corrected chi connectivity index (χ3v) is 11.4. The summed E-state index contributed by atoms with van der Waals surface area (Å²) in [6.07, 6.45) is 1.29. The number of aryl methyl sites for hydroxylation is 6. The van der Waals surface area contributed by atoms with Gasteiger partial charge in [-0.15, -0.1) is 0 Å². The Bertz CT molecular complexity index is 925. The summed E-state index contributed by atoms with van der Waals surface area (Å²) >= 11 is 0. The second-order valence-electron chi connectivity index (χ2n) is 9.41. The summed E-state index contributed by atoms with van der Waals surface area (Å²) in [6.45, 7) is 19.2. The monoisotopic (exact) mass is 500 g/mol. The molecule has 0 aromatic heterocycles. The van der Waals surface area contributed by atoms with Gasteiger partial charge in [0.1, 0.15) is 0 Å². The molecule has 0 amide bonds. The van der Waals surface area contributed by atoms with E-state index in [1.54, 1.807) is 0 Å². The first-order valence-electron chi connectivity index (χ1n) is 12.2. The average Bonchev–Trinajstić information content (AvgIpc) is 2.69. The molecule has 0 saturated carbocycles. The van der Waals surface area contributed by atoms with Gasteiger partial charge in [-0.2, -0.15) is 0 Å². The summed E-state index contributed by atoms with van der Waals surface area (Å²) in [4.78, 5) is 27.9. The van der Waals surface area contributed by atoms with Crippen LogP contribution >= 0.6 is 7.92 Å². The fourth-order valence-electron chi connectivity index (χ4n) is 4.95. The Balaban J connectivity index is 2.45. The summed E-state index contributed by atoms with van der Waals surface area (Å²) in [7, 11) is -3.87. The maximum absolute atomic E-state index is 14.0. The van der Waals surface area contributed by atoms with Crippen molar-refractivity contribution in [3.05, 3.63) is 68.8 Å². The molecule has 4 nitrogen and oxygen atoms in total. The Morgan fingerprint density at radius 3 is 1.41 bits per heavy atom. The number of rotatable bonds is 12. The standard InChI is InChI=1S/C28H41O4PSi/c1-10-31-34(9,32-11-2)14-12-13-33(27(29)25-21(5)15-19(3)16-22(25)6)28(30)26-23(7)17-20(4)18-24(26)8/h15-18H,10-14H2,1-9H3. The molecular weight excluding hydrogens is 459 g/mol. The highest BCUT2D eigenvalue weighted by Crippen LogP contribution is 2.47. The summed E-state index contributed by atoms with van der Waals surface area (Å²) in [5.41, 5.74) is 7.45. The molecule has 0 N–H and O–H groups in total. The van der Waals surface area contributed by atoms with Gasteiger partial charge in [0.2, 0.25) is 0 Å². The summed E-state index contributed by atoms with van der Waals surface area (Å²) in [5.74, 6) is 0. The van der Waals surface area contributed by atoms with Gasteiger partial charge in [-0.05, 0) is 103 Å². The predicted molar refractivity (Wildman–Crippen MR) is 146 cm³/mol. The van der Waals surface area contributed by atoms with E-state index >= 15 is 0 Å². The predicted octanol–water partition coefficient (Wildman–Crippen LogP) is 7.53. The number of hydrogen-bond donors (Lipinski definition) is 0. The van der Waals surface area contributed by atoms with Gasteiger partial charge < -0.3 is 8.85 Å². The first kappa shape index (κ1) is 28.6. The van der Waals surface area contributed by atoms with Crippen LogP contribution in [-0.4, -0.2) is 39.0 Å². The quantitative estimate of drug-likeness (QED) is 0.223. The SMILES string of the molecule is CCO[Si](C)(CCCP(C(=O)c1c(C)cc(C)cc1C)C(=O)c1c(C)cc(C)cc1C)OCC. The van der Waals surface area contributed by atoms with Gasteiger partial charge in [-0.1, -0.05) is 35.4 Å². The van der Waals surface area contributed by atoms with Crippen LogP contribution in [0, 0.1) is 41.5 Å². The van der Waals surface area contributed by atoms with Crippen molar-refractivity contribution in [1.29, 1.82) is 0 Å².